The molecule has 9 nitrogen and oxygen atoms in total. The minimum Gasteiger partial charge on any atom is -0.355 e. The van der Waals surface area contributed by atoms with Crippen LogP contribution >= 0.6 is 0 Å². The van der Waals surface area contributed by atoms with Crippen molar-refractivity contribution in [3.63, 3.8) is 0 Å². The molecule has 0 aliphatic carbocycles. The number of carbonyl (C=O) groups excluding carboxylic acids is 3. The molecule has 0 saturated carbocycles. The lowest BCUT2D eigenvalue weighted by Crippen LogP contribution is -2.36. The van der Waals surface area contributed by atoms with Gasteiger partial charge in [-0.3, -0.25) is 19.5 Å². The molecule has 34 heavy (non-hydrogen) atoms. The van der Waals surface area contributed by atoms with Crippen LogP contribution < -0.4 is 10.6 Å². The van der Waals surface area contributed by atoms with E-state index in [0.29, 0.717) is 47.5 Å². The van der Waals surface area contributed by atoms with E-state index in [-0.39, 0.29) is 17.7 Å². The summed E-state index contributed by atoms with van der Waals surface area (Å²) in [7, 11) is 1.56. The van der Waals surface area contributed by atoms with E-state index in [4.69, 9.17) is 0 Å². The Hall–Kier alpha value is -4.53. The van der Waals surface area contributed by atoms with Crippen LogP contribution in [0, 0.1) is 0 Å². The summed E-state index contributed by atoms with van der Waals surface area (Å²) in [6.45, 7) is 0.998. The Morgan fingerprint density at radius 1 is 0.941 bits per heavy atom. The van der Waals surface area contributed by atoms with E-state index >= 15 is 0 Å². The number of nitrogens with one attached hydrogen (secondary N) is 3. The highest BCUT2D eigenvalue weighted by Gasteiger charge is 2.23. The van der Waals surface area contributed by atoms with Crippen LogP contribution in [0.3, 0.4) is 0 Å². The molecule has 0 fully saturated rings. The number of H-pyrrole nitrogens is 1. The number of hydrogen-bond acceptors (Lipinski definition) is 5. The van der Waals surface area contributed by atoms with Gasteiger partial charge in [0.25, 0.3) is 17.7 Å². The molecular formula is C25H22N6O3. The maximum atomic E-state index is 13.1. The van der Waals surface area contributed by atoms with Gasteiger partial charge in [0, 0.05) is 48.5 Å². The van der Waals surface area contributed by atoms with E-state index in [1.165, 1.54) is 0 Å². The smallest absolute Gasteiger partial charge is 0.255 e. The van der Waals surface area contributed by atoms with Crippen molar-refractivity contribution in [1.29, 1.82) is 0 Å². The molecule has 0 atom stereocenters. The van der Waals surface area contributed by atoms with Gasteiger partial charge in [0.1, 0.15) is 0 Å². The topological polar surface area (TPSA) is 120 Å². The molecule has 0 unspecified atom stereocenters. The SMILES string of the molecule is CNC(=O)c1cccc(NC(=O)c2ccc3c(c2)CN(C(=O)c2cnc4[nH]ncc4c2)CC3)c1. The lowest BCUT2D eigenvalue weighted by Gasteiger charge is -2.29. The third-order valence-electron chi connectivity index (χ3n) is 5.92. The van der Waals surface area contributed by atoms with Crippen molar-refractivity contribution in [3.8, 4) is 0 Å². The molecule has 0 bridgehead atoms. The van der Waals surface area contributed by atoms with Crippen molar-refractivity contribution >= 4 is 34.4 Å². The highest BCUT2D eigenvalue weighted by Crippen LogP contribution is 2.23. The molecule has 2 aromatic heterocycles. The first-order chi connectivity index (χ1) is 16.5. The van der Waals surface area contributed by atoms with Gasteiger partial charge in [-0.1, -0.05) is 12.1 Å². The standard InChI is InChI=1S/C25H22N6O3/c1-26-23(32)16-3-2-4-21(11-16)29-24(33)17-6-5-15-7-8-31(14-20(15)9-17)25(34)19-10-18-13-28-30-22(18)27-12-19/h2-6,9-13H,7-8,14H2,1H3,(H,26,32)(H,29,33)(H,27,28,30). The Bertz CT molecular complexity index is 1430. The van der Waals surface area contributed by atoms with Crippen LogP contribution in [0.1, 0.15) is 42.2 Å². The first-order valence-electron chi connectivity index (χ1n) is 10.9. The van der Waals surface area contributed by atoms with Gasteiger partial charge in [-0.25, -0.2) is 4.98 Å². The van der Waals surface area contributed by atoms with Crippen molar-refractivity contribution in [2.24, 2.45) is 0 Å². The minimum atomic E-state index is -0.282. The molecule has 0 spiro atoms. The van der Waals surface area contributed by atoms with E-state index in [9.17, 15) is 14.4 Å². The highest BCUT2D eigenvalue weighted by atomic mass is 16.2. The first kappa shape index (κ1) is 21.3. The maximum absolute atomic E-state index is 13.1. The Kier molecular flexibility index (Phi) is 5.51. The van der Waals surface area contributed by atoms with Crippen LogP contribution in [-0.4, -0.2) is 51.4 Å². The summed E-state index contributed by atoms with van der Waals surface area (Å²) in [5.41, 5.74) is 4.67. The molecule has 1 aliphatic rings. The van der Waals surface area contributed by atoms with Crippen LogP contribution in [-0.2, 0) is 13.0 Å². The van der Waals surface area contributed by atoms with Crippen LogP contribution in [0.2, 0.25) is 0 Å². The van der Waals surface area contributed by atoms with Gasteiger partial charge < -0.3 is 15.5 Å². The van der Waals surface area contributed by atoms with E-state index in [1.807, 2.05) is 12.1 Å². The molecule has 4 aromatic rings. The van der Waals surface area contributed by atoms with Crippen molar-refractivity contribution in [2.45, 2.75) is 13.0 Å². The third kappa shape index (κ3) is 4.11. The summed E-state index contributed by atoms with van der Waals surface area (Å²) in [5.74, 6) is -0.617. The third-order valence-corrected chi connectivity index (χ3v) is 5.92. The molecule has 0 radical (unpaired) electrons. The van der Waals surface area contributed by atoms with Crippen molar-refractivity contribution in [3.05, 3.63) is 88.7 Å². The Labute approximate surface area is 195 Å². The number of carbonyl (C=O) groups is 3. The second kappa shape index (κ2) is 8.78. The number of aromatic nitrogens is 3. The summed E-state index contributed by atoms with van der Waals surface area (Å²) in [5, 5.41) is 12.9. The molecule has 0 saturated heterocycles. The van der Waals surface area contributed by atoms with Crippen LogP contribution in [0.25, 0.3) is 11.0 Å². The number of amides is 3. The summed E-state index contributed by atoms with van der Waals surface area (Å²) in [4.78, 5) is 43.8. The number of benzene rings is 2. The van der Waals surface area contributed by atoms with E-state index in [0.717, 1.165) is 16.5 Å². The van der Waals surface area contributed by atoms with Gasteiger partial charge >= 0.3 is 0 Å². The number of rotatable bonds is 4. The minimum absolute atomic E-state index is 0.109. The summed E-state index contributed by atoms with van der Waals surface area (Å²) in [6.07, 6.45) is 3.90. The van der Waals surface area contributed by atoms with Crippen molar-refractivity contribution < 1.29 is 14.4 Å². The molecule has 2 aromatic carbocycles. The lowest BCUT2D eigenvalue weighted by molar-refractivity contribution is 0.0734. The molecule has 5 rings (SSSR count). The van der Waals surface area contributed by atoms with Crippen molar-refractivity contribution in [1.82, 2.24) is 25.4 Å². The number of anilines is 1. The average Bonchev–Trinajstić information content (AvgIpc) is 3.35. The number of pyridine rings is 1. The fraction of sp³-hybridized carbons (Fsp3) is 0.160. The fourth-order valence-electron chi connectivity index (χ4n) is 4.09. The molecule has 9 heteroatoms. The van der Waals surface area contributed by atoms with E-state index in [2.05, 4.69) is 25.8 Å². The van der Waals surface area contributed by atoms with E-state index < -0.39 is 0 Å². The predicted octanol–water partition coefficient (Wildman–Crippen LogP) is 2.77. The quantitative estimate of drug-likeness (QED) is 0.438. The second-order valence-electron chi connectivity index (χ2n) is 8.11. The average molecular weight is 454 g/mol. The second-order valence-corrected chi connectivity index (χ2v) is 8.11. The van der Waals surface area contributed by atoms with Crippen LogP contribution in [0.15, 0.2) is 60.9 Å². The Morgan fingerprint density at radius 2 is 1.79 bits per heavy atom. The monoisotopic (exact) mass is 454 g/mol. The van der Waals surface area contributed by atoms with Gasteiger partial charge in [-0.2, -0.15) is 5.10 Å². The van der Waals surface area contributed by atoms with Gasteiger partial charge in [0.15, 0.2) is 5.65 Å². The Morgan fingerprint density at radius 3 is 2.65 bits per heavy atom. The summed E-state index contributed by atoms with van der Waals surface area (Å²) in [6, 6.07) is 14.1. The zero-order valence-electron chi connectivity index (χ0n) is 18.5. The lowest BCUT2D eigenvalue weighted by atomic mass is 9.96. The van der Waals surface area contributed by atoms with E-state index in [1.54, 1.807) is 60.7 Å². The summed E-state index contributed by atoms with van der Waals surface area (Å²) >= 11 is 0. The molecule has 3 heterocycles. The number of fused-ring (bicyclic) bond motifs is 2. The molecule has 3 N–H and O–H groups in total. The van der Waals surface area contributed by atoms with Gasteiger partial charge in [-0.15, -0.1) is 0 Å². The molecule has 3 amide bonds. The molecular weight excluding hydrogens is 432 g/mol. The summed E-state index contributed by atoms with van der Waals surface area (Å²) < 4.78 is 0. The predicted molar refractivity (Wildman–Crippen MR) is 127 cm³/mol. The zero-order chi connectivity index (χ0) is 23.7. The molecule has 170 valence electrons. The van der Waals surface area contributed by atoms with Crippen molar-refractivity contribution in [2.75, 3.05) is 18.9 Å². The highest BCUT2D eigenvalue weighted by molar-refractivity contribution is 6.05. The largest absolute Gasteiger partial charge is 0.355 e. The van der Waals surface area contributed by atoms with Gasteiger partial charge in [-0.05, 0) is 53.9 Å². The van der Waals surface area contributed by atoms with Gasteiger partial charge in [0.2, 0.25) is 0 Å². The number of aromatic amines is 1. The van der Waals surface area contributed by atoms with Crippen LogP contribution in [0.4, 0.5) is 5.69 Å². The number of hydrogen-bond donors (Lipinski definition) is 3. The zero-order valence-corrected chi connectivity index (χ0v) is 18.5. The fourth-order valence-corrected chi connectivity index (χ4v) is 4.09. The maximum Gasteiger partial charge on any atom is 0.255 e. The first-order valence-corrected chi connectivity index (χ1v) is 10.9. The van der Waals surface area contributed by atoms with Crippen LogP contribution in [0.5, 0.6) is 0 Å². The van der Waals surface area contributed by atoms with Gasteiger partial charge in [0.05, 0.1) is 11.8 Å². The Balaban J connectivity index is 1.33. The molecule has 1 aliphatic heterocycles. The normalized spacial score (nSPS) is 12.8. The number of nitrogens with zero attached hydrogens (tertiary/aromatic N) is 3.